The number of nitrogens with one attached hydrogen (secondary N) is 2. The number of hydrogen-bond donors (Lipinski definition) is 2. The third kappa shape index (κ3) is 4.02. The summed E-state index contributed by atoms with van der Waals surface area (Å²) in [7, 11) is -3.29. The Bertz CT molecular complexity index is 531. The summed E-state index contributed by atoms with van der Waals surface area (Å²) in [4.78, 5) is 1.09. The van der Waals surface area contributed by atoms with Crippen molar-refractivity contribution in [3.63, 3.8) is 0 Å². The summed E-state index contributed by atoms with van der Waals surface area (Å²) in [6.07, 6.45) is 5.99. The molecule has 19 heavy (non-hydrogen) atoms. The lowest BCUT2D eigenvalue weighted by molar-refractivity contribution is 0.577. The molecular formula is C13H20N2O2S2. The smallest absolute Gasteiger partial charge is 0.250 e. The van der Waals surface area contributed by atoms with Crippen LogP contribution in [0.25, 0.3) is 0 Å². The van der Waals surface area contributed by atoms with Crippen molar-refractivity contribution in [2.75, 3.05) is 6.54 Å². The average Bonchev–Trinajstić information content (AvgIpc) is 3.28. The van der Waals surface area contributed by atoms with Crippen LogP contribution in [-0.2, 0) is 16.6 Å². The van der Waals surface area contributed by atoms with E-state index in [1.165, 1.54) is 37.0 Å². The Morgan fingerprint density at radius 3 is 2.68 bits per heavy atom. The molecule has 1 heterocycles. The minimum atomic E-state index is -3.29. The van der Waals surface area contributed by atoms with Crippen LogP contribution in [0.2, 0.25) is 0 Å². The molecule has 6 heteroatoms. The molecule has 2 saturated carbocycles. The molecule has 2 fully saturated rings. The summed E-state index contributed by atoms with van der Waals surface area (Å²) >= 11 is 1.37. The molecule has 4 nitrogen and oxygen atoms in total. The SMILES string of the molecule is O=S(=O)(NCCC1CC1)c1ccc(CNC2CC2)s1. The van der Waals surface area contributed by atoms with E-state index in [1.807, 2.05) is 6.07 Å². The Kier molecular flexibility index (Phi) is 3.93. The molecule has 106 valence electrons. The van der Waals surface area contributed by atoms with Gasteiger partial charge in [-0.15, -0.1) is 11.3 Å². The maximum atomic E-state index is 12.1. The zero-order chi connectivity index (χ0) is 13.3. The highest BCUT2D eigenvalue weighted by molar-refractivity contribution is 7.91. The molecule has 1 aromatic heterocycles. The normalized spacial score (nSPS) is 19.8. The molecule has 3 rings (SSSR count). The fourth-order valence-electron chi connectivity index (χ4n) is 2.01. The van der Waals surface area contributed by atoms with E-state index in [-0.39, 0.29) is 0 Å². The highest BCUT2D eigenvalue weighted by Gasteiger charge is 2.23. The van der Waals surface area contributed by atoms with E-state index < -0.39 is 10.0 Å². The third-order valence-corrected chi connectivity index (χ3v) is 6.62. The van der Waals surface area contributed by atoms with Crippen molar-refractivity contribution >= 4 is 21.4 Å². The van der Waals surface area contributed by atoms with Gasteiger partial charge in [-0.25, -0.2) is 13.1 Å². The van der Waals surface area contributed by atoms with Gasteiger partial charge in [0.1, 0.15) is 4.21 Å². The van der Waals surface area contributed by atoms with Gasteiger partial charge in [0.15, 0.2) is 0 Å². The van der Waals surface area contributed by atoms with Gasteiger partial charge in [-0.3, -0.25) is 0 Å². The van der Waals surface area contributed by atoms with Crippen molar-refractivity contribution in [3.8, 4) is 0 Å². The molecule has 1 aromatic rings. The van der Waals surface area contributed by atoms with Crippen LogP contribution in [0.5, 0.6) is 0 Å². The summed E-state index contributed by atoms with van der Waals surface area (Å²) in [6.45, 7) is 1.35. The second kappa shape index (κ2) is 5.52. The molecule has 0 spiro atoms. The van der Waals surface area contributed by atoms with Crippen LogP contribution in [0.4, 0.5) is 0 Å². The number of sulfonamides is 1. The lowest BCUT2D eigenvalue weighted by atomic mass is 10.3. The number of thiophene rings is 1. The molecular weight excluding hydrogens is 280 g/mol. The third-order valence-electron chi connectivity index (χ3n) is 3.59. The summed E-state index contributed by atoms with van der Waals surface area (Å²) in [5, 5.41) is 3.40. The van der Waals surface area contributed by atoms with Crippen molar-refractivity contribution < 1.29 is 8.42 Å². The maximum absolute atomic E-state index is 12.1. The van der Waals surface area contributed by atoms with Crippen molar-refractivity contribution in [2.24, 2.45) is 5.92 Å². The van der Waals surface area contributed by atoms with Crippen LogP contribution in [0, 0.1) is 5.92 Å². The van der Waals surface area contributed by atoms with Crippen LogP contribution in [-0.4, -0.2) is 21.0 Å². The van der Waals surface area contributed by atoms with Gasteiger partial charge in [0.2, 0.25) is 10.0 Å². The predicted octanol–water partition coefficient (Wildman–Crippen LogP) is 2.08. The van der Waals surface area contributed by atoms with Crippen LogP contribution in [0.15, 0.2) is 16.3 Å². The minimum Gasteiger partial charge on any atom is -0.309 e. The highest BCUT2D eigenvalue weighted by Crippen LogP contribution is 2.32. The topological polar surface area (TPSA) is 58.2 Å². The van der Waals surface area contributed by atoms with Gasteiger partial charge in [0, 0.05) is 24.0 Å². The first-order chi connectivity index (χ1) is 9.13. The highest BCUT2D eigenvalue weighted by atomic mass is 32.2. The Labute approximate surface area is 118 Å². The van der Waals surface area contributed by atoms with Crippen LogP contribution in [0.1, 0.15) is 37.0 Å². The van der Waals surface area contributed by atoms with E-state index in [4.69, 9.17) is 0 Å². The molecule has 0 bridgehead atoms. The summed E-state index contributed by atoms with van der Waals surface area (Å²) < 4.78 is 27.3. The van der Waals surface area contributed by atoms with Crippen LogP contribution in [0.3, 0.4) is 0 Å². The molecule has 2 aliphatic carbocycles. The lowest BCUT2D eigenvalue weighted by Gasteiger charge is -2.03. The predicted molar refractivity (Wildman–Crippen MR) is 76.7 cm³/mol. The molecule has 2 aliphatic rings. The molecule has 2 N–H and O–H groups in total. The van der Waals surface area contributed by atoms with Crippen molar-refractivity contribution in [1.82, 2.24) is 10.0 Å². The first kappa shape index (κ1) is 13.5. The van der Waals surface area contributed by atoms with Crippen molar-refractivity contribution in [1.29, 1.82) is 0 Å². The second-order valence-electron chi connectivity index (χ2n) is 5.51. The van der Waals surface area contributed by atoms with E-state index in [9.17, 15) is 8.42 Å². The van der Waals surface area contributed by atoms with Crippen molar-refractivity contribution in [2.45, 2.75) is 48.9 Å². The maximum Gasteiger partial charge on any atom is 0.250 e. The Balaban J connectivity index is 1.52. The first-order valence-corrected chi connectivity index (χ1v) is 9.25. The minimum absolute atomic E-state index is 0.441. The Morgan fingerprint density at radius 2 is 2.00 bits per heavy atom. The molecule has 0 aromatic carbocycles. The van der Waals surface area contributed by atoms with E-state index in [0.29, 0.717) is 16.8 Å². The van der Waals surface area contributed by atoms with E-state index in [2.05, 4.69) is 10.0 Å². The molecule has 0 amide bonds. The van der Waals surface area contributed by atoms with Gasteiger partial charge in [-0.1, -0.05) is 12.8 Å². The van der Waals surface area contributed by atoms with E-state index in [0.717, 1.165) is 23.8 Å². The lowest BCUT2D eigenvalue weighted by Crippen LogP contribution is -2.24. The molecule has 0 atom stereocenters. The number of rotatable bonds is 8. The summed E-state index contributed by atoms with van der Waals surface area (Å²) in [5.74, 6) is 0.754. The molecule has 0 radical (unpaired) electrons. The van der Waals surface area contributed by atoms with E-state index in [1.54, 1.807) is 6.07 Å². The van der Waals surface area contributed by atoms with Crippen LogP contribution < -0.4 is 10.0 Å². The van der Waals surface area contributed by atoms with Crippen molar-refractivity contribution in [3.05, 3.63) is 17.0 Å². The fraction of sp³-hybridized carbons (Fsp3) is 0.692. The molecule has 0 aliphatic heterocycles. The largest absolute Gasteiger partial charge is 0.309 e. The van der Waals surface area contributed by atoms with Gasteiger partial charge < -0.3 is 5.32 Å². The van der Waals surface area contributed by atoms with E-state index >= 15 is 0 Å². The summed E-state index contributed by atoms with van der Waals surface area (Å²) in [6, 6.07) is 4.28. The first-order valence-electron chi connectivity index (χ1n) is 6.95. The van der Waals surface area contributed by atoms with Gasteiger partial charge in [0.05, 0.1) is 0 Å². The van der Waals surface area contributed by atoms with Gasteiger partial charge in [0.25, 0.3) is 0 Å². The standard InChI is InChI=1S/C13H20N2O2S2/c16-19(17,15-8-7-10-1-2-10)13-6-5-12(18-13)9-14-11-3-4-11/h5-6,10-11,14-15H,1-4,7-9H2. The number of hydrogen-bond acceptors (Lipinski definition) is 4. The zero-order valence-electron chi connectivity index (χ0n) is 10.9. The quantitative estimate of drug-likeness (QED) is 0.773. The fourth-order valence-corrected chi connectivity index (χ4v) is 4.40. The van der Waals surface area contributed by atoms with Crippen LogP contribution >= 0.6 is 11.3 Å². The van der Waals surface area contributed by atoms with Gasteiger partial charge in [-0.2, -0.15) is 0 Å². The monoisotopic (exact) mass is 300 g/mol. The Hall–Kier alpha value is -0.430. The molecule has 0 saturated heterocycles. The summed E-state index contributed by atoms with van der Waals surface area (Å²) in [5.41, 5.74) is 0. The van der Waals surface area contributed by atoms with Gasteiger partial charge >= 0.3 is 0 Å². The molecule has 0 unspecified atom stereocenters. The average molecular weight is 300 g/mol. The second-order valence-corrected chi connectivity index (χ2v) is 8.67. The van der Waals surface area contributed by atoms with Gasteiger partial charge in [-0.05, 0) is 37.3 Å². The zero-order valence-corrected chi connectivity index (χ0v) is 12.5. The Morgan fingerprint density at radius 1 is 1.21 bits per heavy atom.